The van der Waals surface area contributed by atoms with E-state index in [1.165, 1.54) is 16.7 Å². The zero-order chi connectivity index (χ0) is 14.1. The van der Waals surface area contributed by atoms with Crippen LogP contribution < -0.4 is 0 Å². The molecule has 0 amide bonds. The predicted octanol–water partition coefficient (Wildman–Crippen LogP) is 4.71. The molecule has 0 bridgehead atoms. The van der Waals surface area contributed by atoms with Gasteiger partial charge in [0.1, 0.15) is 0 Å². The minimum Gasteiger partial charge on any atom is -0.192 e. The van der Waals surface area contributed by atoms with Crippen molar-refractivity contribution in [1.29, 1.82) is 5.26 Å². The Bertz CT molecular complexity index is 464. The van der Waals surface area contributed by atoms with Gasteiger partial charge in [-0.3, -0.25) is 0 Å². The molecule has 1 aromatic carbocycles. The molecule has 0 unspecified atom stereocenters. The molecule has 1 aromatic rings. The summed E-state index contributed by atoms with van der Waals surface area (Å²) in [4.78, 5) is 0. The van der Waals surface area contributed by atoms with Gasteiger partial charge < -0.3 is 0 Å². The van der Waals surface area contributed by atoms with Gasteiger partial charge in [-0.05, 0) is 61.3 Å². The van der Waals surface area contributed by atoms with Gasteiger partial charge >= 0.3 is 0 Å². The average molecular weight is 259 g/mol. The lowest BCUT2D eigenvalue weighted by Crippen LogP contribution is -1.91. The van der Waals surface area contributed by atoms with Crippen LogP contribution in [0.5, 0.6) is 0 Å². The molecule has 1 rings (SSSR count). The molecular formula is C16H22NP. The standard InChI is InChI=1S/C9H9N.C7H13P/c1-7-3-4-9(6-10)5-8(7)2;1-4-7(5-8)6(2)3/h3-5H,1-2H3;4-6,8H,1-3H3/b;7-4+. The van der Waals surface area contributed by atoms with Gasteiger partial charge in [0.2, 0.25) is 0 Å². The minimum atomic E-state index is 0.637. The van der Waals surface area contributed by atoms with Gasteiger partial charge in [-0.25, -0.2) is 0 Å². The van der Waals surface area contributed by atoms with Crippen LogP contribution in [0.15, 0.2) is 29.8 Å². The largest absolute Gasteiger partial charge is 0.192 e. The molecule has 0 aliphatic rings. The van der Waals surface area contributed by atoms with Crippen LogP contribution in [0.25, 0.3) is 0 Å². The maximum Gasteiger partial charge on any atom is 0.0991 e. The van der Waals surface area contributed by atoms with Crippen molar-refractivity contribution in [2.24, 2.45) is 5.92 Å². The smallest absolute Gasteiger partial charge is 0.0991 e. The third-order valence-corrected chi connectivity index (χ3v) is 3.14. The van der Waals surface area contributed by atoms with Crippen molar-refractivity contribution < 1.29 is 0 Å². The summed E-state index contributed by atoms with van der Waals surface area (Å²) in [5, 5.41) is 8.50. The quantitative estimate of drug-likeness (QED) is 0.706. The van der Waals surface area contributed by atoms with E-state index in [-0.39, 0.29) is 0 Å². The molecule has 0 atom stereocenters. The molecule has 0 aromatic heterocycles. The maximum absolute atomic E-state index is 8.50. The first kappa shape index (κ1) is 16.6. The highest BCUT2D eigenvalue weighted by molar-refractivity contribution is 7.19. The highest BCUT2D eigenvalue weighted by atomic mass is 31.0. The minimum absolute atomic E-state index is 0.637. The van der Waals surface area contributed by atoms with E-state index in [1.807, 2.05) is 44.8 Å². The fourth-order valence-corrected chi connectivity index (χ4v) is 1.89. The molecular weight excluding hydrogens is 237 g/mol. The summed E-state index contributed by atoms with van der Waals surface area (Å²) in [5.74, 6) is 2.60. The first-order valence-corrected chi connectivity index (χ1v) is 6.68. The van der Waals surface area contributed by atoms with Crippen molar-refractivity contribution in [2.75, 3.05) is 0 Å². The summed E-state index contributed by atoms with van der Waals surface area (Å²) in [5.41, 5.74) is 4.50. The van der Waals surface area contributed by atoms with Gasteiger partial charge in [-0.2, -0.15) is 5.26 Å². The van der Waals surface area contributed by atoms with Gasteiger partial charge in [0.15, 0.2) is 0 Å². The molecule has 0 spiro atoms. The van der Waals surface area contributed by atoms with Crippen LogP contribution in [0.3, 0.4) is 0 Å². The lowest BCUT2D eigenvalue weighted by atomic mass is 10.1. The molecule has 2 heteroatoms. The Balaban J connectivity index is 0.000000331. The second-order valence-corrected chi connectivity index (χ2v) is 4.79. The monoisotopic (exact) mass is 259 g/mol. The summed E-state index contributed by atoms with van der Waals surface area (Å²) in [6, 6.07) is 7.79. The number of nitrogens with zero attached hydrogens (tertiary/aromatic N) is 1. The van der Waals surface area contributed by atoms with Crippen molar-refractivity contribution in [3.05, 3.63) is 46.5 Å². The lowest BCUT2D eigenvalue weighted by molar-refractivity contribution is 0.807. The van der Waals surface area contributed by atoms with E-state index in [2.05, 4.69) is 34.9 Å². The number of aryl methyl sites for hydroxylation is 2. The Morgan fingerprint density at radius 1 is 1.28 bits per heavy atom. The van der Waals surface area contributed by atoms with E-state index in [0.29, 0.717) is 5.92 Å². The van der Waals surface area contributed by atoms with Crippen LogP contribution >= 0.6 is 8.86 Å². The van der Waals surface area contributed by atoms with E-state index in [4.69, 9.17) is 5.26 Å². The van der Waals surface area contributed by atoms with E-state index in [9.17, 15) is 0 Å². The number of hydrogen-bond donors (Lipinski definition) is 0. The molecule has 1 nitrogen and oxygen atoms in total. The molecule has 0 saturated carbocycles. The van der Waals surface area contributed by atoms with Crippen molar-refractivity contribution in [3.63, 3.8) is 0 Å². The van der Waals surface area contributed by atoms with Crippen molar-refractivity contribution in [2.45, 2.75) is 34.6 Å². The van der Waals surface area contributed by atoms with Gasteiger partial charge in [-0.15, -0.1) is 8.86 Å². The highest BCUT2D eigenvalue weighted by Gasteiger charge is 1.93. The van der Waals surface area contributed by atoms with Crippen LogP contribution in [0, 0.1) is 31.1 Å². The summed E-state index contributed by atoms with van der Waals surface area (Å²) in [7, 11) is 3.33. The zero-order valence-corrected chi connectivity index (χ0v) is 12.9. The van der Waals surface area contributed by atoms with Crippen molar-refractivity contribution in [3.8, 4) is 6.07 Å². The number of rotatable bonds is 2. The Morgan fingerprint density at radius 2 is 1.89 bits per heavy atom. The predicted molar refractivity (Wildman–Crippen MR) is 83.6 cm³/mol. The summed E-state index contributed by atoms with van der Waals surface area (Å²) < 4.78 is 0. The summed E-state index contributed by atoms with van der Waals surface area (Å²) >= 11 is 0. The van der Waals surface area contributed by atoms with Crippen LogP contribution in [0.1, 0.15) is 37.5 Å². The summed E-state index contributed by atoms with van der Waals surface area (Å²) in [6.07, 6.45) is 2.11. The first-order valence-electron chi connectivity index (χ1n) is 6.10. The Labute approximate surface area is 113 Å². The molecule has 0 aliphatic carbocycles. The molecule has 0 heterocycles. The Hall–Kier alpha value is -1.38. The zero-order valence-electron chi connectivity index (χ0n) is 11.9. The summed E-state index contributed by atoms with van der Waals surface area (Å²) in [6.45, 7) is 10.4. The first-order chi connectivity index (χ1) is 8.46. The second kappa shape index (κ2) is 8.67. The Morgan fingerprint density at radius 3 is 2.17 bits per heavy atom. The van der Waals surface area contributed by atoms with Gasteiger partial charge in [0.05, 0.1) is 11.6 Å². The van der Waals surface area contributed by atoms with Gasteiger partial charge in [-0.1, -0.05) is 26.0 Å². The topological polar surface area (TPSA) is 23.8 Å². The van der Waals surface area contributed by atoms with Gasteiger partial charge in [0, 0.05) is 0 Å². The van der Waals surface area contributed by atoms with E-state index >= 15 is 0 Å². The third kappa shape index (κ3) is 5.80. The molecule has 0 radical (unpaired) electrons. The number of allylic oxidation sites excluding steroid dienone is 2. The van der Waals surface area contributed by atoms with Crippen molar-refractivity contribution >= 4 is 14.7 Å². The highest BCUT2D eigenvalue weighted by Crippen LogP contribution is 2.08. The molecule has 96 valence electrons. The van der Waals surface area contributed by atoms with Crippen LogP contribution in [-0.2, 0) is 0 Å². The molecule has 0 saturated heterocycles. The van der Waals surface area contributed by atoms with Crippen LogP contribution in [-0.4, -0.2) is 5.80 Å². The molecule has 0 fully saturated rings. The normalized spacial score (nSPS) is 10.4. The molecule has 18 heavy (non-hydrogen) atoms. The average Bonchev–Trinajstić information content (AvgIpc) is 2.34. The second-order valence-electron chi connectivity index (χ2n) is 4.50. The number of nitriles is 1. The lowest BCUT2D eigenvalue weighted by Gasteiger charge is -2.01. The van der Waals surface area contributed by atoms with Crippen LogP contribution in [0.4, 0.5) is 0 Å². The maximum atomic E-state index is 8.50. The Kier molecular flexibility index (Phi) is 8.01. The fourth-order valence-electron chi connectivity index (χ4n) is 1.39. The number of benzene rings is 1. The third-order valence-electron chi connectivity index (χ3n) is 2.80. The molecule has 0 aliphatic heterocycles. The van der Waals surface area contributed by atoms with Crippen molar-refractivity contribution in [1.82, 2.24) is 0 Å². The number of hydrogen-bond acceptors (Lipinski definition) is 1. The van der Waals surface area contributed by atoms with E-state index in [1.54, 1.807) is 0 Å². The van der Waals surface area contributed by atoms with E-state index in [0.717, 1.165) is 5.56 Å². The SMILES string of the molecule is C/C=C(\C=P)C(C)C.Cc1ccc(C#N)cc1C. The van der Waals surface area contributed by atoms with E-state index < -0.39 is 0 Å². The molecule has 0 N–H and O–H groups in total. The van der Waals surface area contributed by atoms with Gasteiger partial charge in [0.25, 0.3) is 0 Å². The fraction of sp³-hybridized carbons (Fsp3) is 0.375. The van der Waals surface area contributed by atoms with Crippen LogP contribution in [0.2, 0.25) is 0 Å².